The fraction of sp³-hybridized carbons (Fsp3) is 0.111. The molecule has 0 bridgehead atoms. The van der Waals surface area contributed by atoms with Gasteiger partial charge in [-0.1, -0.05) is 12.1 Å². The molecule has 0 aliphatic heterocycles. The molecular weight excluding hydrogens is 294 g/mol. The van der Waals surface area contributed by atoms with Crippen molar-refractivity contribution < 1.29 is 9.15 Å². The Morgan fingerprint density at radius 3 is 2.57 bits per heavy atom. The number of ether oxygens (including phenoxy) is 1. The maximum Gasteiger partial charge on any atom is 0.344 e. The van der Waals surface area contributed by atoms with Crippen molar-refractivity contribution in [1.82, 2.24) is 4.57 Å². The molecule has 0 atom stereocenters. The van der Waals surface area contributed by atoms with Gasteiger partial charge in [0.1, 0.15) is 5.75 Å². The zero-order valence-electron chi connectivity index (χ0n) is 12.6. The van der Waals surface area contributed by atoms with Crippen LogP contribution >= 0.6 is 0 Å². The summed E-state index contributed by atoms with van der Waals surface area (Å²) >= 11 is 0. The van der Waals surface area contributed by atoms with Gasteiger partial charge < -0.3 is 13.7 Å². The van der Waals surface area contributed by atoms with Gasteiger partial charge in [-0.2, -0.15) is 0 Å². The maximum absolute atomic E-state index is 12.8. The summed E-state index contributed by atoms with van der Waals surface area (Å²) in [4.78, 5) is 25.2. The number of nitrogens with zero attached hydrogens (tertiary/aromatic N) is 1. The Kier molecular flexibility index (Phi) is 2.78. The van der Waals surface area contributed by atoms with Crippen LogP contribution in [0.1, 0.15) is 0 Å². The first-order valence-electron chi connectivity index (χ1n) is 7.14. The molecule has 0 saturated heterocycles. The molecule has 4 aromatic rings. The zero-order valence-corrected chi connectivity index (χ0v) is 12.6. The number of para-hydroxylation sites is 1. The van der Waals surface area contributed by atoms with Crippen molar-refractivity contribution in [2.24, 2.45) is 7.05 Å². The lowest BCUT2D eigenvalue weighted by atomic mass is 10.1. The first kappa shape index (κ1) is 13.6. The Balaban J connectivity index is 2.37. The van der Waals surface area contributed by atoms with Crippen LogP contribution in [0.3, 0.4) is 0 Å². The van der Waals surface area contributed by atoms with Crippen molar-refractivity contribution in [2.75, 3.05) is 7.11 Å². The van der Waals surface area contributed by atoms with Crippen LogP contribution < -0.4 is 15.9 Å². The summed E-state index contributed by atoms with van der Waals surface area (Å²) in [6, 6.07) is 12.4. The monoisotopic (exact) mass is 307 g/mol. The molecular formula is C18H13NO4. The lowest BCUT2D eigenvalue weighted by Gasteiger charge is -2.10. The highest BCUT2D eigenvalue weighted by atomic mass is 16.5. The number of methoxy groups -OCH3 is 1. The van der Waals surface area contributed by atoms with Crippen LogP contribution in [0.2, 0.25) is 0 Å². The van der Waals surface area contributed by atoms with E-state index < -0.39 is 5.63 Å². The molecule has 0 amide bonds. The first-order chi connectivity index (χ1) is 11.1. The van der Waals surface area contributed by atoms with E-state index in [0.29, 0.717) is 27.5 Å². The number of hydrogen-bond acceptors (Lipinski definition) is 4. The SMILES string of the molecule is COc1ccc2c(c1)c(=O)oc1c3ccccc3n(C)c(=O)c21. The summed E-state index contributed by atoms with van der Waals surface area (Å²) < 4.78 is 12.2. The molecule has 5 nitrogen and oxygen atoms in total. The summed E-state index contributed by atoms with van der Waals surface area (Å²) in [7, 11) is 3.24. The predicted molar refractivity (Wildman–Crippen MR) is 89.3 cm³/mol. The molecule has 2 aromatic carbocycles. The van der Waals surface area contributed by atoms with Gasteiger partial charge >= 0.3 is 5.63 Å². The fourth-order valence-corrected chi connectivity index (χ4v) is 3.00. The van der Waals surface area contributed by atoms with Crippen LogP contribution in [0.25, 0.3) is 32.6 Å². The van der Waals surface area contributed by atoms with Crippen LogP contribution in [0.5, 0.6) is 5.75 Å². The van der Waals surface area contributed by atoms with Crippen molar-refractivity contribution in [3.05, 3.63) is 63.2 Å². The highest BCUT2D eigenvalue weighted by Crippen LogP contribution is 2.28. The minimum atomic E-state index is -0.482. The lowest BCUT2D eigenvalue weighted by Crippen LogP contribution is -2.19. The number of rotatable bonds is 1. The Hall–Kier alpha value is -3.08. The van der Waals surface area contributed by atoms with Gasteiger partial charge in [0, 0.05) is 17.8 Å². The van der Waals surface area contributed by atoms with Crippen molar-refractivity contribution in [2.45, 2.75) is 0 Å². The Labute approximate surface area is 130 Å². The van der Waals surface area contributed by atoms with Gasteiger partial charge in [-0.15, -0.1) is 0 Å². The minimum absolute atomic E-state index is 0.197. The van der Waals surface area contributed by atoms with E-state index in [-0.39, 0.29) is 5.56 Å². The summed E-state index contributed by atoms with van der Waals surface area (Å²) in [6.45, 7) is 0. The number of fused-ring (bicyclic) bond motifs is 5. The van der Waals surface area contributed by atoms with Crippen LogP contribution in [0.4, 0.5) is 0 Å². The van der Waals surface area contributed by atoms with Crippen molar-refractivity contribution in [1.29, 1.82) is 0 Å². The van der Waals surface area contributed by atoms with E-state index in [9.17, 15) is 9.59 Å². The molecule has 114 valence electrons. The maximum atomic E-state index is 12.8. The van der Waals surface area contributed by atoms with Crippen LogP contribution in [0.15, 0.2) is 56.5 Å². The Bertz CT molecular complexity index is 1200. The summed E-state index contributed by atoms with van der Waals surface area (Å²) in [5.74, 6) is 0.543. The highest BCUT2D eigenvalue weighted by Gasteiger charge is 2.16. The van der Waals surface area contributed by atoms with Crippen molar-refractivity contribution >= 4 is 32.6 Å². The molecule has 0 N–H and O–H groups in total. The standard InChI is InChI=1S/C18H13NO4/c1-19-14-6-4-3-5-12(14)16-15(17(19)20)11-8-7-10(22-2)9-13(11)18(21)23-16/h3-9H,1-2H3. The number of aromatic nitrogens is 1. The molecule has 0 aliphatic rings. The second-order valence-electron chi connectivity index (χ2n) is 5.39. The lowest BCUT2D eigenvalue weighted by molar-refractivity contribution is 0.415. The van der Waals surface area contributed by atoms with Gasteiger partial charge in [0.05, 0.1) is 23.4 Å². The molecule has 2 heterocycles. The molecule has 0 unspecified atom stereocenters. The highest BCUT2D eigenvalue weighted by molar-refractivity contribution is 6.12. The largest absolute Gasteiger partial charge is 0.497 e. The van der Waals surface area contributed by atoms with E-state index in [1.807, 2.05) is 24.3 Å². The average molecular weight is 307 g/mol. The average Bonchev–Trinajstić information content (AvgIpc) is 2.59. The quantitative estimate of drug-likeness (QED) is 0.507. The van der Waals surface area contributed by atoms with Crippen molar-refractivity contribution in [3.8, 4) is 5.75 Å². The number of hydrogen-bond donors (Lipinski definition) is 0. The molecule has 23 heavy (non-hydrogen) atoms. The molecule has 4 rings (SSSR count). The van der Waals surface area contributed by atoms with Gasteiger partial charge in [0.15, 0.2) is 5.58 Å². The molecule has 0 fully saturated rings. The third kappa shape index (κ3) is 1.80. The smallest absolute Gasteiger partial charge is 0.344 e. The van der Waals surface area contributed by atoms with Crippen molar-refractivity contribution in [3.63, 3.8) is 0 Å². The normalized spacial score (nSPS) is 11.4. The van der Waals surface area contributed by atoms with Gasteiger partial charge in [0.25, 0.3) is 5.56 Å². The van der Waals surface area contributed by atoms with Gasteiger partial charge in [0.2, 0.25) is 0 Å². The van der Waals surface area contributed by atoms with Crippen LogP contribution in [0, 0.1) is 0 Å². The molecule has 2 aromatic heterocycles. The van der Waals surface area contributed by atoms with E-state index in [2.05, 4.69) is 0 Å². The topological polar surface area (TPSA) is 61.4 Å². The molecule has 5 heteroatoms. The van der Waals surface area contributed by atoms with Gasteiger partial charge in [-0.05, 0) is 30.3 Å². The molecule has 0 aliphatic carbocycles. The van der Waals surface area contributed by atoms with E-state index >= 15 is 0 Å². The van der Waals surface area contributed by atoms with E-state index in [1.165, 1.54) is 7.11 Å². The van der Waals surface area contributed by atoms with Crippen LogP contribution in [-0.2, 0) is 7.05 Å². The third-order valence-corrected chi connectivity index (χ3v) is 4.17. The fourth-order valence-electron chi connectivity index (χ4n) is 3.00. The minimum Gasteiger partial charge on any atom is -0.497 e. The van der Waals surface area contributed by atoms with E-state index in [1.54, 1.807) is 29.8 Å². The second kappa shape index (κ2) is 4.71. The Morgan fingerprint density at radius 1 is 1.00 bits per heavy atom. The van der Waals surface area contributed by atoms with E-state index in [0.717, 1.165) is 10.9 Å². The Morgan fingerprint density at radius 2 is 1.78 bits per heavy atom. The molecule has 0 spiro atoms. The van der Waals surface area contributed by atoms with Gasteiger partial charge in [-0.3, -0.25) is 4.79 Å². The van der Waals surface area contributed by atoms with E-state index in [4.69, 9.17) is 9.15 Å². The number of benzene rings is 2. The summed E-state index contributed by atoms with van der Waals surface area (Å²) in [5, 5.41) is 2.05. The third-order valence-electron chi connectivity index (χ3n) is 4.17. The first-order valence-corrected chi connectivity index (χ1v) is 7.14. The second-order valence-corrected chi connectivity index (χ2v) is 5.39. The summed E-state index contributed by atoms with van der Waals surface area (Å²) in [5.41, 5.74) is 0.370. The molecule has 0 saturated carbocycles. The predicted octanol–water partition coefficient (Wildman–Crippen LogP) is 2.81. The zero-order chi connectivity index (χ0) is 16.1. The number of pyridine rings is 1. The number of aryl methyl sites for hydroxylation is 1. The van der Waals surface area contributed by atoms with Crippen LogP contribution in [-0.4, -0.2) is 11.7 Å². The summed E-state index contributed by atoms with van der Waals surface area (Å²) in [6.07, 6.45) is 0. The van der Waals surface area contributed by atoms with Gasteiger partial charge in [-0.25, -0.2) is 4.79 Å². The molecule has 0 radical (unpaired) electrons.